The number of benzene rings is 4. The van der Waals surface area contributed by atoms with Gasteiger partial charge in [0.1, 0.15) is 6.61 Å². The maximum atomic E-state index is 13.2. The van der Waals surface area contributed by atoms with Crippen LogP contribution in [-0.4, -0.2) is 23.2 Å². The molecule has 0 radical (unpaired) electrons. The number of nitrogens with zero attached hydrogens (tertiary/aromatic N) is 1. The third kappa shape index (κ3) is 4.96. The summed E-state index contributed by atoms with van der Waals surface area (Å²) in [5.74, 6) is 0.529. The molecule has 1 saturated heterocycles. The van der Waals surface area contributed by atoms with Crippen LogP contribution in [0.5, 0.6) is 11.5 Å². The van der Waals surface area contributed by atoms with Crippen molar-refractivity contribution in [2.45, 2.75) is 13.2 Å². The summed E-state index contributed by atoms with van der Waals surface area (Å²) < 4.78 is 11.4. The van der Waals surface area contributed by atoms with Gasteiger partial charge in [-0.15, -0.1) is 0 Å². The number of hydrogen-bond acceptors (Lipinski definition) is 5. The van der Waals surface area contributed by atoms with Crippen LogP contribution >= 0.6 is 23.4 Å². The van der Waals surface area contributed by atoms with Crippen molar-refractivity contribution in [2.24, 2.45) is 0 Å². The normalized spacial score (nSPS) is 14.6. The lowest BCUT2D eigenvalue weighted by molar-refractivity contribution is -0.123. The molecule has 4 aromatic carbocycles. The molecule has 1 aliphatic rings. The summed E-state index contributed by atoms with van der Waals surface area (Å²) in [6.45, 7) is 0.545. The second-order valence-electron chi connectivity index (χ2n) is 8.21. The molecule has 1 heterocycles. The van der Waals surface area contributed by atoms with Crippen LogP contribution in [0.4, 0.5) is 4.79 Å². The van der Waals surface area contributed by atoms with Gasteiger partial charge >= 0.3 is 0 Å². The van der Waals surface area contributed by atoms with E-state index >= 15 is 0 Å². The maximum absolute atomic E-state index is 13.2. The molecule has 0 aromatic heterocycles. The minimum absolute atomic E-state index is 0.208. The summed E-state index contributed by atoms with van der Waals surface area (Å²) in [5, 5.41) is 2.13. The molecule has 0 N–H and O–H groups in total. The van der Waals surface area contributed by atoms with Gasteiger partial charge in [-0.2, -0.15) is 0 Å². The van der Waals surface area contributed by atoms with Crippen molar-refractivity contribution in [3.05, 3.63) is 112 Å². The Hall–Kier alpha value is -3.74. The first-order valence-corrected chi connectivity index (χ1v) is 12.5. The molecular formula is C29H22ClNO4S. The molecule has 5 nitrogen and oxygen atoms in total. The number of amides is 2. The largest absolute Gasteiger partial charge is 0.493 e. The van der Waals surface area contributed by atoms with Crippen LogP contribution in [0.15, 0.2) is 89.8 Å². The first-order chi connectivity index (χ1) is 17.5. The van der Waals surface area contributed by atoms with Crippen LogP contribution in [0.25, 0.3) is 16.8 Å². The predicted molar refractivity (Wildman–Crippen MR) is 144 cm³/mol. The van der Waals surface area contributed by atoms with Crippen LogP contribution < -0.4 is 9.47 Å². The van der Waals surface area contributed by atoms with E-state index < -0.39 is 0 Å². The highest BCUT2D eigenvalue weighted by atomic mass is 35.5. The zero-order valence-corrected chi connectivity index (χ0v) is 21.0. The van der Waals surface area contributed by atoms with E-state index in [9.17, 15) is 9.59 Å². The molecule has 36 heavy (non-hydrogen) atoms. The van der Waals surface area contributed by atoms with Gasteiger partial charge in [-0.25, -0.2) is 0 Å². The van der Waals surface area contributed by atoms with Gasteiger partial charge in [0.25, 0.3) is 11.1 Å². The maximum Gasteiger partial charge on any atom is 0.293 e. The number of ether oxygens (including phenoxy) is 2. The molecule has 0 spiro atoms. The topological polar surface area (TPSA) is 55.8 Å². The number of thioether (sulfide) groups is 1. The number of fused-ring (bicyclic) bond motifs is 1. The molecule has 0 aliphatic carbocycles. The standard InChI is InChI=1S/C29H22ClNO4S/c1-34-25-15-20(14-24(30)27(25)35-18-19-8-3-2-4-9-19)16-26-28(32)31(29(33)36-26)17-22-12-7-11-21-10-5-6-13-23(21)22/h2-16H,17-18H2,1H3/b26-16+. The number of imide groups is 1. The lowest BCUT2D eigenvalue weighted by Crippen LogP contribution is -2.27. The number of carbonyl (C=O) groups is 2. The van der Waals surface area contributed by atoms with Gasteiger partial charge in [0.2, 0.25) is 0 Å². The molecule has 2 amide bonds. The first kappa shape index (κ1) is 24.0. The number of rotatable bonds is 7. The van der Waals surface area contributed by atoms with Gasteiger partial charge in [0.15, 0.2) is 11.5 Å². The van der Waals surface area contributed by atoms with Crippen molar-refractivity contribution >= 4 is 51.4 Å². The van der Waals surface area contributed by atoms with Crippen LogP contribution in [-0.2, 0) is 17.9 Å². The fourth-order valence-electron chi connectivity index (χ4n) is 4.08. The summed E-state index contributed by atoms with van der Waals surface area (Å²) in [4.78, 5) is 27.5. The monoisotopic (exact) mass is 515 g/mol. The predicted octanol–water partition coefficient (Wildman–Crippen LogP) is 7.32. The Morgan fingerprint density at radius 3 is 2.50 bits per heavy atom. The number of hydrogen-bond donors (Lipinski definition) is 0. The fourth-order valence-corrected chi connectivity index (χ4v) is 5.19. The Balaban J connectivity index is 1.37. The molecule has 0 bridgehead atoms. The number of methoxy groups -OCH3 is 1. The molecule has 0 unspecified atom stereocenters. The first-order valence-electron chi connectivity index (χ1n) is 11.3. The van der Waals surface area contributed by atoms with Crippen molar-refractivity contribution in [1.82, 2.24) is 4.90 Å². The summed E-state index contributed by atoms with van der Waals surface area (Å²) in [7, 11) is 1.53. The van der Waals surface area contributed by atoms with E-state index in [1.54, 1.807) is 18.2 Å². The van der Waals surface area contributed by atoms with Gasteiger partial charge in [-0.1, -0.05) is 84.4 Å². The lowest BCUT2D eigenvalue weighted by Gasteiger charge is -2.14. The molecular weight excluding hydrogens is 494 g/mol. The van der Waals surface area contributed by atoms with E-state index in [0.717, 1.165) is 33.7 Å². The smallest absolute Gasteiger partial charge is 0.293 e. The SMILES string of the molecule is COc1cc(/C=C2/SC(=O)N(Cc3cccc4ccccc34)C2=O)cc(Cl)c1OCc1ccccc1. The fraction of sp³-hybridized carbons (Fsp3) is 0.103. The van der Waals surface area contributed by atoms with Gasteiger partial charge in [0.05, 0.1) is 23.6 Å². The average molecular weight is 516 g/mol. The molecule has 0 saturated carbocycles. The summed E-state index contributed by atoms with van der Waals surface area (Å²) >= 11 is 7.43. The summed E-state index contributed by atoms with van der Waals surface area (Å²) in [5.41, 5.74) is 2.56. The van der Waals surface area contributed by atoms with Crippen molar-refractivity contribution < 1.29 is 19.1 Å². The second kappa shape index (κ2) is 10.5. The average Bonchev–Trinajstić information content (AvgIpc) is 3.15. The minimum Gasteiger partial charge on any atom is -0.493 e. The molecule has 0 atom stereocenters. The van der Waals surface area contributed by atoms with Crippen LogP contribution in [0.2, 0.25) is 5.02 Å². The van der Waals surface area contributed by atoms with Crippen molar-refractivity contribution in [1.29, 1.82) is 0 Å². The van der Waals surface area contributed by atoms with Crippen molar-refractivity contribution in [3.63, 3.8) is 0 Å². The van der Waals surface area contributed by atoms with Crippen LogP contribution in [0.1, 0.15) is 16.7 Å². The molecule has 4 aromatic rings. The Labute approximate surface area is 218 Å². The minimum atomic E-state index is -0.336. The number of carbonyl (C=O) groups excluding carboxylic acids is 2. The Morgan fingerprint density at radius 1 is 0.944 bits per heavy atom. The highest BCUT2D eigenvalue weighted by Crippen LogP contribution is 2.39. The highest BCUT2D eigenvalue weighted by molar-refractivity contribution is 8.18. The van der Waals surface area contributed by atoms with Gasteiger partial charge in [0, 0.05) is 0 Å². The molecule has 5 rings (SSSR count). The van der Waals surface area contributed by atoms with E-state index in [-0.39, 0.29) is 17.7 Å². The van der Waals surface area contributed by atoms with E-state index in [4.69, 9.17) is 21.1 Å². The third-order valence-electron chi connectivity index (χ3n) is 5.86. The molecule has 1 fully saturated rings. The highest BCUT2D eigenvalue weighted by Gasteiger charge is 2.35. The summed E-state index contributed by atoms with van der Waals surface area (Å²) in [6.07, 6.45) is 1.66. The van der Waals surface area contributed by atoms with E-state index in [1.807, 2.05) is 72.8 Å². The van der Waals surface area contributed by atoms with E-state index in [2.05, 4.69) is 0 Å². The van der Waals surface area contributed by atoms with Crippen LogP contribution in [0, 0.1) is 0 Å². The zero-order valence-electron chi connectivity index (χ0n) is 19.4. The van der Waals surface area contributed by atoms with E-state index in [0.29, 0.717) is 33.6 Å². The molecule has 1 aliphatic heterocycles. The summed E-state index contributed by atoms with van der Waals surface area (Å²) in [6, 6.07) is 27.0. The Bertz CT molecular complexity index is 1480. The third-order valence-corrected chi connectivity index (χ3v) is 7.05. The second-order valence-corrected chi connectivity index (χ2v) is 9.61. The number of halogens is 1. The van der Waals surface area contributed by atoms with Gasteiger partial charge in [-0.3, -0.25) is 14.5 Å². The van der Waals surface area contributed by atoms with Gasteiger partial charge in [-0.05, 0) is 57.4 Å². The molecule has 180 valence electrons. The zero-order chi connectivity index (χ0) is 25.1. The van der Waals surface area contributed by atoms with Crippen molar-refractivity contribution in [3.8, 4) is 11.5 Å². The van der Waals surface area contributed by atoms with E-state index in [1.165, 1.54) is 12.0 Å². The van der Waals surface area contributed by atoms with Gasteiger partial charge < -0.3 is 9.47 Å². The Morgan fingerprint density at radius 2 is 1.69 bits per heavy atom. The molecule has 7 heteroatoms. The Kier molecular flexibility index (Phi) is 6.98. The van der Waals surface area contributed by atoms with Crippen molar-refractivity contribution in [2.75, 3.05) is 7.11 Å². The quantitative estimate of drug-likeness (QED) is 0.241. The lowest BCUT2D eigenvalue weighted by atomic mass is 10.0. The van der Waals surface area contributed by atoms with Crippen LogP contribution in [0.3, 0.4) is 0 Å².